The van der Waals surface area contributed by atoms with Crippen LogP contribution in [0.5, 0.6) is 0 Å². The minimum atomic E-state index is -0.559. The van der Waals surface area contributed by atoms with Gasteiger partial charge in [0.15, 0.2) is 0 Å². The van der Waals surface area contributed by atoms with E-state index >= 15 is 0 Å². The number of aliphatic hydroxyl groups excluding tert-OH is 1. The summed E-state index contributed by atoms with van der Waals surface area (Å²) >= 11 is 0. The standard InChI is InChI=1S/C12H14N4O3/c13-6-10-5-11(16(18)19)7-14-12(10)15-3-1-9(8-15)2-4-17/h5,7,9,17H,1-4,8H2. The molecule has 0 saturated carbocycles. The number of hydrogen-bond donors (Lipinski definition) is 1. The predicted octanol–water partition coefficient (Wildman–Crippen LogP) is 1.07. The van der Waals surface area contributed by atoms with Crippen LogP contribution in [0.1, 0.15) is 18.4 Å². The largest absolute Gasteiger partial charge is 0.396 e. The number of anilines is 1. The van der Waals surface area contributed by atoms with Crippen LogP contribution in [0.4, 0.5) is 11.5 Å². The summed E-state index contributed by atoms with van der Waals surface area (Å²) in [7, 11) is 0. The number of pyridine rings is 1. The zero-order valence-corrected chi connectivity index (χ0v) is 10.3. The van der Waals surface area contributed by atoms with Gasteiger partial charge in [0.1, 0.15) is 23.6 Å². The molecule has 1 aliphatic heterocycles. The third-order valence-electron chi connectivity index (χ3n) is 3.31. The molecule has 0 bridgehead atoms. The van der Waals surface area contributed by atoms with E-state index in [0.29, 0.717) is 11.7 Å². The zero-order valence-electron chi connectivity index (χ0n) is 10.3. The van der Waals surface area contributed by atoms with Gasteiger partial charge < -0.3 is 10.0 Å². The van der Waals surface area contributed by atoms with Crippen LogP contribution in [-0.4, -0.2) is 34.7 Å². The second-order valence-electron chi connectivity index (χ2n) is 4.55. The lowest BCUT2D eigenvalue weighted by molar-refractivity contribution is -0.385. The first-order valence-corrected chi connectivity index (χ1v) is 6.06. The van der Waals surface area contributed by atoms with E-state index in [0.717, 1.165) is 25.9 Å². The molecule has 2 rings (SSSR count). The summed E-state index contributed by atoms with van der Waals surface area (Å²) in [5, 5.41) is 28.6. The molecule has 0 radical (unpaired) electrons. The van der Waals surface area contributed by atoms with Crippen LogP contribution in [-0.2, 0) is 0 Å². The van der Waals surface area contributed by atoms with E-state index in [4.69, 9.17) is 10.4 Å². The first-order valence-electron chi connectivity index (χ1n) is 6.06. The number of nitrogens with zero attached hydrogens (tertiary/aromatic N) is 4. The summed E-state index contributed by atoms with van der Waals surface area (Å²) < 4.78 is 0. The minimum absolute atomic E-state index is 0.150. The first kappa shape index (κ1) is 13.2. The van der Waals surface area contributed by atoms with Crippen LogP contribution in [0, 0.1) is 27.4 Å². The number of nitriles is 1. The van der Waals surface area contributed by atoms with E-state index in [-0.39, 0.29) is 17.9 Å². The quantitative estimate of drug-likeness (QED) is 0.643. The second-order valence-corrected chi connectivity index (χ2v) is 4.55. The fourth-order valence-corrected chi connectivity index (χ4v) is 2.32. The lowest BCUT2D eigenvalue weighted by Crippen LogP contribution is -2.22. The van der Waals surface area contributed by atoms with Gasteiger partial charge in [0, 0.05) is 25.8 Å². The van der Waals surface area contributed by atoms with Crippen molar-refractivity contribution < 1.29 is 10.0 Å². The Morgan fingerprint density at radius 1 is 1.68 bits per heavy atom. The number of aromatic nitrogens is 1. The van der Waals surface area contributed by atoms with Crippen LogP contribution in [0.25, 0.3) is 0 Å². The van der Waals surface area contributed by atoms with Gasteiger partial charge in [-0.3, -0.25) is 10.1 Å². The monoisotopic (exact) mass is 262 g/mol. The van der Waals surface area contributed by atoms with Crippen molar-refractivity contribution in [2.75, 3.05) is 24.6 Å². The van der Waals surface area contributed by atoms with Crippen molar-refractivity contribution in [3.05, 3.63) is 27.9 Å². The van der Waals surface area contributed by atoms with E-state index < -0.39 is 4.92 Å². The topological polar surface area (TPSA) is 103 Å². The maximum Gasteiger partial charge on any atom is 0.289 e. The van der Waals surface area contributed by atoms with E-state index in [9.17, 15) is 10.1 Å². The van der Waals surface area contributed by atoms with Crippen molar-refractivity contribution in [1.29, 1.82) is 5.26 Å². The third kappa shape index (κ3) is 2.80. The molecular weight excluding hydrogens is 248 g/mol. The SMILES string of the molecule is N#Cc1cc([N+](=O)[O-])cnc1N1CCC(CCO)C1. The summed E-state index contributed by atoms with van der Waals surface area (Å²) in [6, 6.07) is 3.21. The summed E-state index contributed by atoms with van der Waals surface area (Å²) in [5.74, 6) is 0.877. The molecule has 1 aromatic heterocycles. The van der Waals surface area contributed by atoms with Gasteiger partial charge in [-0.2, -0.15) is 5.26 Å². The van der Waals surface area contributed by atoms with Gasteiger partial charge in [0.2, 0.25) is 0 Å². The Morgan fingerprint density at radius 2 is 2.47 bits per heavy atom. The molecule has 1 unspecified atom stereocenters. The van der Waals surface area contributed by atoms with Gasteiger partial charge in [-0.1, -0.05) is 0 Å². The molecule has 1 aliphatic rings. The summed E-state index contributed by atoms with van der Waals surface area (Å²) in [6.45, 7) is 1.63. The Kier molecular flexibility index (Phi) is 3.92. The van der Waals surface area contributed by atoms with Gasteiger partial charge in [0.05, 0.1) is 4.92 Å². The first-order chi connectivity index (χ1) is 9.15. The van der Waals surface area contributed by atoms with Gasteiger partial charge in [-0.25, -0.2) is 4.98 Å². The molecule has 0 aliphatic carbocycles. The van der Waals surface area contributed by atoms with Crippen molar-refractivity contribution in [2.45, 2.75) is 12.8 Å². The highest BCUT2D eigenvalue weighted by molar-refractivity contribution is 5.57. The molecule has 2 heterocycles. The highest BCUT2D eigenvalue weighted by Crippen LogP contribution is 2.28. The summed E-state index contributed by atoms with van der Waals surface area (Å²) in [6.07, 6.45) is 2.84. The molecule has 1 saturated heterocycles. The minimum Gasteiger partial charge on any atom is -0.396 e. The molecule has 1 N–H and O–H groups in total. The van der Waals surface area contributed by atoms with Crippen molar-refractivity contribution in [3.63, 3.8) is 0 Å². The lowest BCUT2D eigenvalue weighted by Gasteiger charge is -2.18. The van der Waals surface area contributed by atoms with E-state index in [2.05, 4.69) is 4.98 Å². The number of aliphatic hydroxyl groups is 1. The third-order valence-corrected chi connectivity index (χ3v) is 3.31. The molecule has 0 amide bonds. The molecular formula is C12H14N4O3. The molecule has 1 aromatic rings. The van der Waals surface area contributed by atoms with E-state index in [1.165, 1.54) is 12.3 Å². The normalized spacial score (nSPS) is 18.3. The Labute approximate surface area is 110 Å². The average Bonchev–Trinajstić information content (AvgIpc) is 2.86. The van der Waals surface area contributed by atoms with Gasteiger partial charge in [0.25, 0.3) is 5.69 Å². The zero-order chi connectivity index (χ0) is 13.8. The molecule has 7 heteroatoms. The number of rotatable bonds is 4. The number of nitro groups is 1. The maximum absolute atomic E-state index is 10.7. The van der Waals surface area contributed by atoms with Crippen molar-refractivity contribution >= 4 is 11.5 Å². The van der Waals surface area contributed by atoms with E-state index in [1.54, 1.807) is 0 Å². The smallest absolute Gasteiger partial charge is 0.289 e. The maximum atomic E-state index is 10.7. The Hall–Kier alpha value is -2.20. The fourth-order valence-electron chi connectivity index (χ4n) is 2.32. The van der Waals surface area contributed by atoms with Crippen molar-refractivity contribution in [3.8, 4) is 6.07 Å². The Morgan fingerprint density at radius 3 is 3.11 bits per heavy atom. The highest BCUT2D eigenvalue weighted by atomic mass is 16.6. The van der Waals surface area contributed by atoms with E-state index in [1.807, 2.05) is 11.0 Å². The van der Waals surface area contributed by atoms with Gasteiger partial charge in [-0.05, 0) is 18.8 Å². The highest BCUT2D eigenvalue weighted by Gasteiger charge is 2.25. The molecule has 0 spiro atoms. The van der Waals surface area contributed by atoms with Crippen LogP contribution in [0.3, 0.4) is 0 Å². The number of hydrogen-bond acceptors (Lipinski definition) is 6. The fraction of sp³-hybridized carbons (Fsp3) is 0.500. The molecule has 100 valence electrons. The Bertz CT molecular complexity index is 526. The van der Waals surface area contributed by atoms with Gasteiger partial charge >= 0.3 is 0 Å². The average molecular weight is 262 g/mol. The Balaban J connectivity index is 2.22. The molecule has 7 nitrogen and oxygen atoms in total. The molecule has 19 heavy (non-hydrogen) atoms. The van der Waals surface area contributed by atoms with Crippen molar-refractivity contribution in [1.82, 2.24) is 4.98 Å². The summed E-state index contributed by atoms with van der Waals surface area (Å²) in [5.41, 5.74) is 0.0465. The molecule has 1 fully saturated rings. The predicted molar refractivity (Wildman–Crippen MR) is 67.6 cm³/mol. The van der Waals surface area contributed by atoms with Gasteiger partial charge in [-0.15, -0.1) is 0 Å². The van der Waals surface area contributed by atoms with Crippen LogP contribution in [0.2, 0.25) is 0 Å². The van der Waals surface area contributed by atoms with Crippen LogP contribution < -0.4 is 4.90 Å². The molecule has 0 aromatic carbocycles. The lowest BCUT2D eigenvalue weighted by atomic mass is 10.1. The molecule has 1 atom stereocenters. The second kappa shape index (κ2) is 5.63. The summed E-state index contributed by atoms with van der Waals surface area (Å²) in [4.78, 5) is 16.1. The van der Waals surface area contributed by atoms with Crippen LogP contribution in [0.15, 0.2) is 12.3 Å². The van der Waals surface area contributed by atoms with Crippen molar-refractivity contribution in [2.24, 2.45) is 5.92 Å². The van der Waals surface area contributed by atoms with Crippen LogP contribution >= 0.6 is 0 Å².